The van der Waals surface area contributed by atoms with Gasteiger partial charge in [0.05, 0.1) is 16.8 Å². The fraction of sp³-hybridized carbons (Fsp3) is 0.0769. The molecule has 2 heterocycles. The third-order valence-electron chi connectivity index (χ3n) is 5.43. The van der Waals surface area contributed by atoms with Gasteiger partial charge in [0, 0.05) is 23.7 Å². The zero-order valence-electron chi connectivity index (χ0n) is 17.6. The van der Waals surface area contributed by atoms with Gasteiger partial charge in [0.15, 0.2) is 0 Å². The summed E-state index contributed by atoms with van der Waals surface area (Å²) >= 11 is 0. The Morgan fingerprint density at radius 1 is 0.970 bits per heavy atom. The summed E-state index contributed by atoms with van der Waals surface area (Å²) in [6.45, 7) is 0.690. The van der Waals surface area contributed by atoms with E-state index >= 15 is 0 Å². The van der Waals surface area contributed by atoms with E-state index in [1.54, 1.807) is 6.20 Å². The van der Waals surface area contributed by atoms with Crippen LogP contribution < -0.4 is 11.1 Å². The number of nitriles is 1. The minimum absolute atomic E-state index is 0.236. The first kappa shape index (κ1) is 20.2. The molecule has 3 aromatic carbocycles. The highest BCUT2D eigenvalue weighted by molar-refractivity contribution is 5.96. The molecule has 33 heavy (non-hydrogen) atoms. The zero-order valence-corrected chi connectivity index (χ0v) is 17.6. The van der Waals surface area contributed by atoms with Crippen LogP contribution in [0.5, 0.6) is 0 Å². The van der Waals surface area contributed by atoms with Crippen LogP contribution in [0, 0.1) is 11.3 Å². The van der Waals surface area contributed by atoms with Crippen molar-refractivity contribution >= 4 is 16.6 Å². The molecule has 160 valence electrons. The fourth-order valence-electron chi connectivity index (χ4n) is 3.81. The predicted molar refractivity (Wildman–Crippen MR) is 127 cm³/mol. The van der Waals surface area contributed by atoms with Crippen LogP contribution in [0.4, 0.5) is 5.69 Å². The van der Waals surface area contributed by atoms with Crippen molar-refractivity contribution in [2.45, 2.75) is 6.42 Å². The third kappa shape index (κ3) is 4.23. The number of hydrogen-bond acceptors (Lipinski definition) is 6. The molecular weight excluding hydrogens is 414 g/mol. The molecular formula is C26H19N5O2. The summed E-state index contributed by atoms with van der Waals surface area (Å²) in [5.74, 6) is -0.359. The Hall–Kier alpha value is -4.70. The van der Waals surface area contributed by atoms with Crippen molar-refractivity contribution < 1.29 is 4.42 Å². The largest absolute Gasteiger partial charge is 0.434 e. The molecule has 0 amide bonds. The van der Waals surface area contributed by atoms with Gasteiger partial charge in [0.25, 0.3) is 0 Å². The van der Waals surface area contributed by atoms with E-state index in [4.69, 9.17) is 4.42 Å². The number of aromatic amines is 1. The second-order valence-corrected chi connectivity index (χ2v) is 7.55. The van der Waals surface area contributed by atoms with E-state index in [-0.39, 0.29) is 5.89 Å². The maximum absolute atomic E-state index is 11.3. The lowest BCUT2D eigenvalue weighted by Crippen LogP contribution is -2.07. The lowest BCUT2D eigenvalue weighted by Gasteiger charge is -2.13. The van der Waals surface area contributed by atoms with Crippen LogP contribution in [-0.2, 0) is 6.42 Å². The van der Waals surface area contributed by atoms with Gasteiger partial charge in [-0.15, -0.1) is 5.10 Å². The molecule has 7 nitrogen and oxygen atoms in total. The molecule has 0 fully saturated rings. The van der Waals surface area contributed by atoms with Crippen LogP contribution >= 0.6 is 0 Å². The quantitative estimate of drug-likeness (QED) is 0.399. The van der Waals surface area contributed by atoms with Gasteiger partial charge < -0.3 is 9.73 Å². The summed E-state index contributed by atoms with van der Waals surface area (Å²) < 4.78 is 5.08. The fourth-order valence-corrected chi connectivity index (χ4v) is 3.81. The summed E-state index contributed by atoms with van der Waals surface area (Å²) in [6.07, 6.45) is 2.44. The number of pyridine rings is 1. The highest BCUT2D eigenvalue weighted by Crippen LogP contribution is 2.31. The Labute approximate surface area is 189 Å². The maximum Gasteiger partial charge on any atom is 0.434 e. The second-order valence-electron chi connectivity index (χ2n) is 7.55. The summed E-state index contributed by atoms with van der Waals surface area (Å²) in [6, 6.07) is 26.0. The zero-order chi connectivity index (χ0) is 22.6. The number of nitrogens with zero attached hydrogens (tertiary/aromatic N) is 3. The number of rotatable bonds is 6. The van der Waals surface area contributed by atoms with Crippen molar-refractivity contribution in [2.24, 2.45) is 0 Å². The van der Waals surface area contributed by atoms with E-state index in [2.05, 4.69) is 38.7 Å². The minimum Gasteiger partial charge on any atom is -0.388 e. The molecule has 2 aromatic heterocycles. The lowest BCUT2D eigenvalue weighted by molar-refractivity contribution is 0.527. The summed E-state index contributed by atoms with van der Waals surface area (Å²) in [5, 5.41) is 20.2. The first-order valence-corrected chi connectivity index (χ1v) is 10.5. The van der Waals surface area contributed by atoms with E-state index in [0.29, 0.717) is 17.7 Å². The molecule has 0 bridgehead atoms. The summed E-state index contributed by atoms with van der Waals surface area (Å²) in [4.78, 5) is 15.8. The monoisotopic (exact) mass is 433 g/mol. The van der Waals surface area contributed by atoms with E-state index in [1.165, 1.54) is 5.56 Å². The Morgan fingerprint density at radius 3 is 2.58 bits per heavy atom. The van der Waals surface area contributed by atoms with Gasteiger partial charge >= 0.3 is 5.76 Å². The Balaban J connectivity index is 1.51. The molecule has 0 unspecified atom stereocenters. The van der Waals surface area contributed by atoms with Gasteiger partial charge in [-0.05, 0) is 47.4 Å². The van der Waals surface area contributed by atoms with Gasteiger partial charge in [-0.25, -0.2) is 9.89 Å². The topological polar surface area (TPSA) is 108 Å². The summed E-state index contributed by atoms with van der Waals surface area (Å²) in [5.41, 5.74) is 5.87. The molecule has 0 aliphatic carbocycles. The number of fused-ring (bicyclic) bond motifs is 1. The molecule has 0 radical (unpaired) electrons. The van der Waals surface area contributed by atoms with Crippen LogP contribution in [0.2, 0.25) is 0 Å². The number of benzene rings is 3. The minimum atomic E-state index is -0.595. The number of nitrogens with one attached hydrogen (secondary N) is 2. The Kier molecular flexibility index (Phi) is 5.40. The van der Waals surface area contributed by atoms with E-state index in [1.807, 2.05) is 60.7 Å². The second kappa shape index (κ2) is 8.81. The van der Waals surface area contributed by atoms with Gasteiger partial charge in [-0.3, -0.25) is 4.98 Å². The van der Waals surface area contributed by atoms with Crippen molar-refractivity contribution in [1.82, 2.24) is 15.2 Å². The van der Waals surface area contributed by atoms with Crippen molar-refractivity contribution in [3.05, 3.63) is 101 Å². The third-order valence-corrected chi connectivity index (χ3v) is 5.43. The highest BCUT2D eigenvalue weighted by atomic mass is 16.4. The van der Waals surface area contributed by atoms with Crippen LogP contribution in [0.3, 0.4) is 0 Å². The maximum atomic E-state index is 11.3. The van der Waals surface area contributed by atoms with Crippen molar-refractivity contribution in [2.75, 3.05) is 11.9 Å². The van der Waals surface area contributed by atoms with Crippen LogP contribution in [-0.4, -0.2) is 21.7 Å². The van der Waals surface area contributed by atoms with Crippen molar-refractivity contribution in [3.8, 4) is 28.7 Å². The highest BCUT2D eigenvalue weighted by Gasteiger charge is 2.12. The van der Waals surface area contributed by atoms with Crippen LogP contribution in [0.25, 0.3) is 33.5 Å². The molecule has 0 aliphatic rings. The van der Waals surface area contributed by atoms with Crippen molar-refractivity contribution in [3.63, 3.8) is 0 Å². The van der Waals surface area contributed by atoms with E-state index in [0.717, 1.165) is 34.1 Å². The Morgan fingerprint density at radius 2 is 1.79 bits per heavy atom. The smallest absolute Gasteiger partial charge is 0.388 e. The summed E-state index contributed by atoms with van der Waals surface area (Å²) in [7, 11) is 0. The molecule has 0 atom stereocenters. The first-order chi connectivity index (χ1) is 16.2. The van der Waals surface area contributed by atoms with E-state index in [9.17, 15) is 10.1 Å². The van der Waals surface area contributed by atoms with Gasteiger partial charge in [-0.2, -0.15) is 5.26 Å². The van der Waals surface area contributed by atoms with Gasteiger partial charge in [0.1, 0.15) is 6.07 Å². The average molecular weight is 433 g/mol. The van der Waals surface area contributed by atoms with E-state index < -0.39 is 5.76 Å². The molecule has 0 spiro atoms. The normalized spacial score (nSPS) is 10.8. The molecule has 7 heteroatoms. The standard InChI is InChI=1S/C26H19N5O2/c27-15-21-16-29-23-10-9-19(18-7-4-8-20(13-18)25-30-31-26(32)33-25)14-22(23)24(21)28-12-11-17-5-2-1-3-6-17/h1-10,13-14,16H,11-12H2,(H,28,29)(H,31,32). The number of H-pyrrole nitrogens is 1. The van der Waals surface area contributed by atoms with Gasteiger partial charge in [0.2, 0.25) is 5.89 Å². The number of anilines is 1. The number of aromatic nitrogens is 3. The number of hydrogen-bond donors (Lipinski definition) is 2. The lowest BCUT2D eigenvalue weighted by atomic mass is 9.99. The first-order valence-electron chi connectivity index (χ1n) is 10.5. The predicted octanol–water partition coefficient (Wildman–Crippen LogP) is 4.77. The molecule has 0 saturated carbocycles. The molecule has 0 aliphatic heterocycles. The molecule has 2 N–H and O–H groups in total. The SMILES string of the molecule is N#Cc1cnc2ccc(-c3cccc(-c4n[nH]c(=O)o4)c3)cc2c1NCCc1ccccc1. The Bertz CT molecular complexity index is 1530. The van der Waals surface area contributed by atoms with Crippen LogP contribution in [0.1, 0.15) is 11.1 Å². The van der Waals surface area contributed by atoms with Crippen molar-refractivity contribution in [1.29, 1.82) is 5.26 Å². The van der Waals surface area contributed by atoms with Gasteiger partial charge in [-0.1, -0.05) is 48.5 Å². The molecule has 0 saturated heterocycles. The van der Waals surface area contributed by atoms with Crippen LogP contribution in [0.15, 0.2) is 88.2 Å². The average Bonchev–Trinajstić information content (AvgIpc) is 3.31. The molecule has 5 aromatic rings. The molecule has 5 rings (SSSR count).